The summed E-state index contributed by atoms with van der Waals surface area (Å²) in [7, 11) is -3.72. The molecule has 0 radical (unpaired) electrons. The van der Waals surface area contributed by atoms with Crippen LogP contribution in [0.2, 0.25) is 0 Å². The zero-order valence-corrected chi connectivity index (χ0v) is 14.8. The maximum absolute atomic E-state index is 14.0. The Labute approximate surface area is 140 Å². The van der Waals surface area contributed by atoms with Gasteiger partial charge in [0.1, 0.15) is 23.2 Å². The first kappa shape index (κ1) is 20.2. The van der Waals surface area contributed by atoms with E-state index in [0.29, 0.717) is 0 Å². The van der Waals surface area contributed by atoms with Crippen LogP contribution >= 0.6 is 0 Å². The van der Waals surface area contributed by atoms with Gasteiger partial charge in [-0.05, 0) is 32.9 Å². The molecule has 2 N–H and O–H groups in total. The maximum Gasteiger partial charge on any atom is 0.407 e. The van der Waals surface area contributed by atoms with E-state index in [9.17, 15) is 22.7 Å². The number of carbonyl (C=O) groups is 1. The fourth-order valence-electron chi connectivity index (χ4n) is 1.65. The number of sulfone groups is 1. The summed E-state index contributed by atoms with van der Waals surface area (Å²) in [5.74, 6) is -1.32. The van der Waals surface area contributed by atoms with Crippen molar-refractivity contribution in [3.63, 3.8) is 0 Å². The minimum absolute atomic E-state index is 0.164. The Bertz CT molecular complexity index is 684. The number of hydrogen-bond acceptors (Lipinski definition) is 6. The molecule has 0 saturated carbocycles. The molecule has 1 atom stereocenters. The molecule has 0 aliphatic rings. The molecule has 0 aromatic heterocycles. The van der Waals surface area contributed by atoms with E-state index in [4.69, 9.17) is 9.47 Å². The Balaban J connectivity index is 2.57. The number of hydrogen-bond donors (Lipinski definition) is 2. The molecule has 0 saturated heterocycles. The van der Waals surface area contributed by atoms with Crippen molar-refractivity contribution in [2.45, 2.75) is 37.4 Å². The summed E-state index contributed by atoms with van der Waals surface area (Å²) in [6, 6.07) is 3.70. The van der Waals surface area contributed by atoms with Gasteiger partial charge in [-0.1, -0.05) is 6.07 Å². The van der Waals surface area contributed by atoms with Crippen LogP contribution in [0.1, 0.15) is 20.8 Å². The number of amides is 1. The largest absolute Gasteiger partial charge is 0.488 e. The van der Waals surface area contributed by atoms with Crippen molar-refractivity contribution in [3.8, 4) is 5.75 Å². The van der Waals surface area contributed by atoms with E-state index in [1.54, 1.807) is 20.8 Å². The molecular formula is C15H22FNO6S. The number of alkyl carbamates (subject to hydrolysis) is 1. The van der Waals surface area contributed by atoms with Crippen LogP contribution in [0.5, 0.6) is 5.75 Å². The molecule has 0 aliphatic carbocycles. The molecule has 7 nitrogen and oxygen atoms in total. The zero-order valence-electron chi connectivity index (χ0n) is 14.0. The smallest absolute Gasteiger partial charge is 0.407 e. The lowest BCUT2D eigenvalue weighted by Crippen LogP contribution is -2.38. The molecule has 0 fully saturated rings. The van der Waals surface area contributed by atoms with E-state index in [0.717, 1.165) is 12.3 Å². The van der Waals surface area contributed by atoms with Gasteiger partial charge in [-0.3, -0.25) is 0 Å². The monoisotopic (exact) mass is 363 g/mol. The van der Waals surface area contributed by atoms with Gasteiger partial charge in [-0.25, -0.2) is 17.6 Å². The van der Waals surface area contributed by atoms with Crippen LogP contribution in [0.4, 0.5) is 9.18 Å². The molecule has 0 bridgehead atoms. The second-order valence-corrected chi connectivity index (χ2v) is 8.17. The minimum atomic E-state index is -3.72. The lowest BCUT2D eigenvalue weighted by molar-refractivity contribution is 0.0461. The lowest BCUT2D eigenvalue weighted by atomic mass is 10.2. The highest BCUT2D eigenvalue weighted by atomic mass is 32.2. The van der Waals surface area contributed by atoms with Crippen molar-refractivity contribution in [2.24, 2.45) is 0 Å². The molecule has 0 aliphatic heterocycles. The number of aliphatic hydroxyl groups excluding tert-OH is 1. The molecule has 24 heavy (non-hydrogen) atoms. The van der Waals surface area contributed by atoms with Crippen molar-refractivity contribution in [3.05, 3.63) is 24.0 Å². The zero-order chi connectivity index (χ0) is 18.5. The molecule has 9 heteroatoms. The van der Waals surface area contributed by atoms with Gasteiger partial charge in [0.2, 0.25) is 0 Å². The van der Waals surface area contributed by atoms with Crippen LogP contribution < -0.4 is 10.1 Å². The predicted octanol–water partition coefficient (Wildman–Crippen LogP) is 1.49. The quantitative estimate of drug-likeness (QED) is 0.794. The summed E-state index contributed by atoms with van der Waals surface area (Å²) in [4.78, 5) is 10.9. The average molecular weight is 363 g/mol. The Morgan fingerprint density at radius 2 is 2.00 bits per heavy atom. The SMILES string of the molecule is CC(C)(C)OC(=O)NC[C@H](O)COc1cccc(S(C)(=O)=O)c1F. The molecule has 1 aromatic rings. The number of ether oxygens (including phenoxy) is 2. The average Bonchev–Trinajstić information content (AvgIpc) is 2.41. The van der Waals surface area contributed by atoms with Gasteiger partial charge < -0.3 is 19.9 Å². The van der Waals surface area contributed by atoms with Crippen molar-refractivity contribution in [1.29, 1.82) is 0 Å². The first-order valence-electron chi connectivity index (χ1n) is 7.16. The molecule has 136 valence electrons. The number of benzene rings is 1. The highest BCUT2D eigenvalue weighted by molar-refractivity contribution is 7.90. The Morgan fingerprint density at radius 1 is 1.38 bits per heavy atom. The van der Waals surface area contributed by atoms with E-state index < -0.39 is 38.3 Å². The van der Waals surface area contributed by atoms with Crippen LogP contribution in [0.15, 0.2) is 23.1 Å². The van der Waals surface area contributed by atoms with Crippen LogP contribution in [0.3, 0.4) is 0 Å². The molecule has 0 unspecified atom stereocenters. The number of aliphatic hydroxyl groups is 1. The Morgan fingerprint density at radius 3 is 2.54 bits per heavy atom. The number of rotatable bonds is 6. The molecule has 0 heterocycles. The van der Waals surface area contributed by atoms with Crippen LogP contribution in [-0.2, 0) is 14.6 Å². The first-order chi connectivity index (χ1) is 10.9. The third-order valence-corrected chi connectivity index (χ3v) is 3.75. The van der Waals surface area contributed by atoms with E-state index in [1.807, 2.05) is 0 Å². The van der Waals surface area contributed by atoms with Crippen molar-refractivity contribution in [1.82, 2.24) is 5.32 Å². The summed E-state index contributed by atoms with van der Waals surface area (Å²) >= 11 is 0. The predicted molar refractivity (Wildman–Crippen MR) is 85.2 cm³/mol. The number of carbonyl (C=O) groups excluding carboxylic acids is 1. The summed E-state index contributed by atoms with van der Waals surface area (Å²) in [6.07, 6.45) is -0.944. The normalized spacial score (nSPS) is 13.2. The summed E-state index contributed by atoms with van der Waals surface area (Å²) in [6.45, 7) is 4.60. The fourth-order valence-corrected chi connectivity index (χ4v) is 2.40. The first-order valence-corrected chi connectivity index (χ1v) is 9.05. The Hall–Kier alpha value is -1.87. The molecule has 1 amide bonds. The molecule has 1 rings (SSSR count). The second kappa shape index (κ2) is 7.80. The molecule has 1 aromatic carbocycles. The fraction of sp³-hybridized carbons (Fsp3) is 0.533. The van der Waals surface area contributed by atoms with Gasteiger partial charge in [0.15, 0.2) is 21.4 Å². The van der Waals surface area contributed by atoms with Gasteiger partial charge in [0.25, 0.3) is 0 Å². The molecular weight excluding hydrogens is 341 g/mol. The highest BCUT2D eigenvalue weighted by Gasteiger charge is 2.19. The van der Waals surface area contributed by atoms with Crippen LogP contribution in [-0.4, -0.2) is 50.7 Å². The van der Waals surface area contributed by atoms with E-state index in [2.05, 4.69) is 5.32 Å². The number of halogens is 1. The van der Waals surface area contributed by atoms with E-state index >= 15 is 0 Å². The van der Waals surface area contributed by atoms with Gasteiger partial charge in [0.05, 0.1) is 6.54 Å². The van der Waals surface area contributed by atoms with Gasteiger partial charge in [0, 0.05) is 6.26 Å². The number of nitrogens with one attached hydrogen (secondary N) is 1. The third-order valence-electron chi connectivity index (χ3n) is 2.64. The van der Waals surface area contributed by atoms with E-state index in [1.165, 1.54) is 12.1 Å². The standard InChI is InChI=1S/C15H22FNO6S/c1-15(2,3)23-14(19)17-8-10(18)9-22-11-6-5-7-12(13(11)16)24(4,20)21/h5-7,10,18H,8-9H2,1-4H3,(H,17,19)/t10-/m0/s1. The third kappa shape index (κ3) is 6.71. The highest BCUT2D eigenvalue weighted by Crippen LogP contribution is 2.24. The van der Waals surface area contributed by atoms with Gasteiger partial charge >= 0.3 is 6.09 Å². The maximum atomic E-state index is 14.0. The minimum Gasteiger partial charge on any atom is -0.488 e. The van der Waals surface area contributed by atoms with E-state index in [-0.39, 0.29) is 18.9 Å². The lowest BCUT2D eigenvalue weighted by Gasteiger charge is -2.20. The van der Waals surface area contributed by atoms with Crippen molar-refractivity contribution < 1.29 is 32.2 Å². The van der Waals surface area contributed by atoms with Crippen molar-refractivity contribution in [2.75, 3.05) is 19.4 Å². The summed E-state index contributed by atoms with van der Waals surface area (Å²) < 4.78 is 47.0. The summed E-state index contributed by atoms with van der Waals surface area (Å²) in [5, 5.41) is 12.1. The summed E-state index contributed by atoms with van der Waals surface area (Å²) in [5.41, 5.74) is -0.666. The van der Waals surface area contributed by atoms with Crippen molar-refractivity contribution >= 4 is 15.9 Å². The van der Waals surface area contributed by atoms with Crippen LogP contribution in [0, 0.1) is 5.82 Å². The topological polar surface area (TPSA) is 102 Å². The van der Waals surface area contributed by atoms with Gasteiger partial charge in [-0.2, -0.15) is 0 Å². The van der Waals surface area contributed by atoms with Crippen LogP contribution in [0.25, 0.3) is 0 Å². The second-order valence-electron chi connectivity index (χ2n) is 6.19. The van der Waals surface area contributed by atoms with Gasteiger partial charge in [-0.15, -0.1) is 0 Å². The molecule has 0 spiro atoms. The Kier molecular flexibility index (Phi) is 6.56.